The highest BCUT2D eigenvalue weighted by atomic mass is 16.5. The van der Waals surface area contributed by atoms with Crippen molar-refractivity contribution in [3.05, 3.63) is 30.2 Å². The fourth-order valence-electron chi connectivity index (χ4n) is 2.41. The number of pyridine rings is 1. The first-order valence-electron chi connectivity index (χ1n) is 6.49. The van der Waals surface area contributed by atoms with E-state index >= 15 is 0 Å². The monoisotopic (exact) mass is 271 g/mol. The molecule has 6 nitrogen and oxygen atoms in total. The number of hydrogen-bond donors (Lipinski definition) is 1. The molecule has 3 aromatic rings. The molecule has 6 heteroatoms. The molecule has 0 saturated carbocycles. The highest BCUT2D eigenvalue weighted by Crippen LogP contribution is 2.31. The number of anilines is 1. The third-order valence-corrected chi connectivity index (χ3v) is 3.37. The van der Waals surface area contributed by atoms with Crippen LogP contribution in [-0.2, 0) is 13.5 Å². The molecule has 0 bridgehead atoms. The molecule has 3 heterocycles. The Morgan fingerprint density at radius 2 is 2.20 bits per heavy atom. The molecule has 0 saturated heterocycles. The van der Waals surface area contributed by atoms with E-state index in [0.29, 0.717) is 17.2 Å². The van der Waals surface area contributed by atoms with Crippen molar-refractivity contribution in [2.24, 2.45) is 7.05 Å². The van der Waals surface area contributed by atoms with Crippen LogP contribution in [0.4, 0.5) is 5.82 Å². The van der Waals surface area contributed by atoms with Crippen molar-refractivity contribution in [1.29, 1.82) is 0 Å². The van der Waals surface area contributed by atoms with Crippen molar-refractivity contribution >= 4 is 11.5 Å². The zero-order valence-corrected chi connectivity index (χ0v) is 11.8. The fraction of sp³-hybridized carbons (Fsp3) is 0.286. The number of nitrogens with zero attached hydrogens (tertiary/aromatic N) is 4. The van der Waals surface area contributed by atoms with E-state index in [9.17, 15) is 0 Å². The first-order chi connectivity index (χ1) is 9.65. The van der Waals surface area contributed by atoms with E-state index in [1.54, 1.807) is 11.8 Å². The number of aromatic nitrogens is 4. The summed E-state index contributed by atoms with van der Waals surface area (Å²) in [5, 5.41) is 4.44. The van der Waals surface area contributed by atoms with Crippen molar-refractivity contribution in [3.63, 3.8) is 0 Å². The summed E-state index contributed by atoms with van der Waals surface area (Å²) in [6.45, 7) is 2.07. The second-order valence-electron chi connectivity index (χ2n) is 4.63. The predicted molar refractivity (Wildman–Crippen MR) is 77.7 cm³/mol. The number of hydrogen-bond acceptors (Lipinski definition) is 4. The summed E-state index contributed by atoms with van der Waals surface area (Å²) in [6, 6.07) is 3.76. The Morgan fingerprint density at radius 1 is 1.40 bits per heavy atom. The van der Waals surface area contributed by atoms with Crippen molar-refractivity contribution < 1.29 is 4.74 Å². The Labute approximate surface area is 116 Å². The number of ether oxygens (including phenoxy) is 1. The smallest absolute Gasteiger partial charge is 0.181 e. The second-order valence-corrected chi connectivity index (χ2v) is 4.63. The summed E-state index contributed by atoms with van der Waals surface area (Å²) < 4.78 is 8.95. The Bertz CT molecular complexity index is 771. The molecule has 0 aromatic carbocycles. The van der Waals surface area contributed by atoms with Crippen LogP contribution in [0.15, 0.2) is 24.5 Å². The molecule has 0 aliphatic heterocycles. The molecule has 0 spiro atoms. The predicted octanol–water partition coefficient (Wildman–Crippen LogP) is 1.89. The van der Waals surface area contributed by atoms with Gasteiger partial charge in [-0.2, -0.15) is 5.10 Å². The van der Waals surface area contributed by atoms with Gasteiger partial charge in [-0.1, -0.05) is 6.92 Å². The summed E-state index contributed by atoms with van der Waals surface area (Å²) >= 11 is 0. The standard InChI is InChI=1S/C14H17N5O/c1-4-10-9(8-18(2)17-10)12-13(15)19-7-5-6-11(20-3)14(19)16-12/h5-8H,4,15H2,1-3H3. The maximum absolute atomic E-state index is 6.24. The zero-order valence-electron chi connectivity index (χ0n) is 11.8. The molecule has 104 valence electrons. The van der Waals surface area contributed by atoms with E-state index in [2.05, 4.69) is 17.0 Å². The van der Waals surface area contributed by atoms with Crippen LogP contribution in [0.25, 0.3) is 16.9 Å². The lowest BCUT2D eigenvalue weighted by Crippen LogP contribution is -1.95. The van der Waals surface area contributed by atoms with Gasteiger partial charge in [-0.15, -0.1) is 0 Å². The molecule has 3 rings (SSSR count). The van der Waals surface area contributed by atoms with E-state index in [1.165, 1.54) is 0 Å². The molecular weight excluding hydrogens is 254 g/mol. The summed E-state index contributed by atoms with van der Waals surface area (Å²) in [6.07, 6.45) is 4.66. The average molecular weight is 271 g/mol. The Balaban J connectivity index is 2.29. The van der Waals surface area contributed by atoms with Gasteiger partial charge in [0.25, 0.3) is 0 Å². The van der Waals surface area contributed by atoms with Crippen molar-refractivity contribution in [1.82, 2.24) is 19.2 Å². The normalized spacial score (nSPS) is 11.2. The summed E-state index contributed by atoms with van der Waals surface area (Å²) in [7, 11) is 3.52. The number of fused-ring (bicyclic) bond motifs is 1. The van der Waals surface area contributed by atoms with Crippen LogP contribution in [0.3, 0.4) is 0 Å². The lowest BCUT2D eigenvalue weighted by molar-refractivity contribution is 0.417. The average Bonchev–Trinajstić information content (AvgIpc) is 2.99. The molecular formula is C14H17N5O. The van der Waals surface area contributed by atoms with E-state index in [-0.39, 0.29) is 0 Å². The first-order valence-corrected chi connectivity index (χ1v) is 6.49. The van der Waals surface area contributed by atoms with Crippen LogP contribution in [0.2, 0.25) is 0 Å². The quantitative estimate of drug-likeness (QED) is 0.789. The summed E-state index contributed by atoms with van der Waals surface area (Å²) in [4.78, 5) is 4.63. The van der Waals surface area contributed by atoms with Crippen LogP contribution in [0.1, 0.15) is 12.6 Å². The van der Waals surface area contributed by atoms with Crippen molar-refractivity contribution in [2.45, 2.75) is 13.3 Å². The second kappa shape index (κ2) is 4.56. The van der Waals surface area contributed by atoms with Crippen LogP contribution in [0.5, 0.6) is 5.75 Å². The van der Waals surface area contributed by atoms with Gasteiger partial charge in [0.2, 0.25) is 0 Å². The van der Waals surface area contributed by atoms with E-state index in [0.717, 1.165) is 23.4 Å². The number of methoxy groups -OCH3 is 1. The number of nitrogen functional groups attached to an aromatic ring is 1. The molecule has 0 amide bonds. The lowest BCUT2D eigenvalue weighted by atomic mass is 10.1. The van der Waals surface area contributed by atoms with Crippen LogP contribution in [0, 0.1) is 0 Å². The number of rotatable bonds is 3. The van der Waals surface area contributed by atoms with Gasteiger partial charge in [0, 0.05) is 25.0 Å². The highest BCUT2D eigenvalue weighted by molar-refractivity contribution is 5.77. The summed E-state index contributed by atoms with van der Waals surface area (Å²) in [5.41, 5.74) is 9.66. The van der Waals surface area contributed by atoms with Crippen LogP contribution < -0.4 is 10.5 Å². The molecule has 0 aliphatic carbocycles. The van der Waals surface area contributed by atoms with Crippen molar-refractivity contribution in [2.75, 3.05) is 12.8 Å². The van der Waals surface area contributed by atoms with E-state index in [4.69, 9.17) is 10.5 Å². The molecule has 0 fully saturated rings. The molecule has 0 aliphatic rings. The van der Waals surface area contributed by atoms with E-state index in [1.807, 2.05) is 36.0 Å². The van der Waals surface area contributed by atoms with Gasteiger partial charge in [-0.05, 0) is 18.6 Å². The lowest BCUT2D eigenvalue weighted by Gasteiger charge is -2.01. The Hall–Kier alpha value is -2.50. The molecule has 0 atom stereocenters. The van der Waals surface area contributed by atoms with Gasteiger partial charge in [0.05, 0.1) is 12.8 Å². The first kappa shape index (κ1) is 12.5. The minimum Gasteiger partial charge on any atom is -0.493 e. The minimum atomic E-state index is 0.599. The van der Waals surface area contributed by atoms with Gasteiger partial charge >= 0.3 is 0 Å². The number of aryl methyl sites for hydroxylation is 2. The highest BCUT2D eigenvalue weighted by Gasteiger charge is 2.18. The maximum atomic E-state index is 6.24. The number of imidazole rings is 1. The van der Waals surface area contributed by atoms with Gasteiger partial charge in [-0.25, -0.2) is 4.98 Å². The van der Waals surface area contributed by atoms with Crippen LogP contribution >= 0.6 is 0 Å². The van der Waals surface area contributed by atoms with Crippen LogP contribution in [-0.4, -0.2) is 26.3 Å². The molecule has 0 radical (unpaired) electrons. The maximum Gasteiger partial charge on any atom is 0.181 e. The Kier molecular flexibility index (Phi) is 2.85. The summed E-state index contributed by atoms with van der Waals surface area (Å²) in [5.74, 6) is 1.30. The molecule has 0 unspecified atom stereocenters. The molecule has 3 aromatic heterocycles. The number of nitrogens with two attached hydrogens (primary N) is 1. The van der Waals surface area contributed by atoms with Gasteiger partial charge < -0.3 is 10.5 Å². The minimum absolute atomic E-state index is 0.599. The van der Waals surface area contributed by atoms with Gasteiger partial charge in [0.15, 0.2) is 11.4 Å². The fourth-order valence-corrected chi connectivity index (χ4v) is 2.41. The largest absolute Gasteiger partial charge is 0.493 e. The van der Waals surface area contributed by atoms with Gasteiger partial charge in [-0.3, -0.25) is 9.08 Å². The third-order valence-electron chi connectivity index (χ3n) is 3.37. The molecule has 2 N–H and O–H groups in total. The molecule has 20 heavy (non-hydrogen) atoms. The third kappa shape index (κ3) is 1.72. The van der Waals surface area contributed by atoms with Gasteiger partial charge in [0.1, 0.15) is 11.5 Å². The van der Waals surface area contributed by atoms with E-state index < -0.39 is 0 Å². The van der Waals surface area contributed by atoms with Crippen molar-refractivity contribution in [3.8, 4) is 17.0 Å². The topological polar surface area (TPSA) is 70.4 Å². The zero-order chi connectivity index (χ0) is 14.3. The SMILES string of the molecule is CCc1nn(C)cc1-c1nc2c(OC)cccn2c1N. The Morgan fingerprint density at radius 3 is 2.90 bits per heavy atom.